The van der Waals surface area contributed by atoms with Crippen LogP contribution < -0.4 is 10.9 Å². The smallest absolute Gasteiger partial charge is 0.339 e. The molecule has 4 aromatic rings. The van der Waals surface area contributed by atoms with Crippen molar-refractivity contribution in [2.45, 2.75) is 0 Å². The van der Waals surface area contributed by atoms with Crippen LogP contribution in [0.5, 0.6) is 0 Å². The summed E-state index contributed by atoms with van der Waals surface area (Å²) < 4.78 is 5.77. The van der Waals surface area contributed by atoms with Crippen molar-refractivity contribution in [1.82, 2.24) is 15.8 Å². The highest BCUT2D eigenvalue weighted by Gasteiger charge is 2.17. The molecule has 0 saturated heterocycles. The summed E-state index contributed by atoms with van der Waals surface area (Å²) in [4.78, 5) is 42.4. The Balaban J connectivity index is 1.47. The minimum absolute atomic E-state index is 0.278. The number of amides is 2. The van der Waals surface area contributed by atoms with E-state index in [1.54, 1.807) is 47.8 Å². The molecule has 4 rings (SSSR count). The van der Waals surface area contributed by atoms with Crippen molar-refractivity contribution in [3.63, 3.8) is 0 Å². The Labute approximate surface area is 189 Å². The van der Waals surface area contributed by atoms with Crippen LogP contribution in [0.15, 0.2) is 60.0 Å². The molecule has 0 atom stereocenters. The van der Waals surface area contributed by atoms with E-state index in [-0.39, 0.29) is 5.56 Å². The molecular weight excluding hydrogens is 458 g/mol. The van der Waals surface area contributed by atoms with Crippen molar-refractivity contribution in [3.8, 4) is 10.6 Å². The molecule has 3 aromatic heterocycles. The summed E-state index contributed by atoms with van der Waals surface area (Å²) in [5, 5.41) is 2.35. The lowest BCUT2D eigenvalue weighted by atomic mass is 10.1. The van der Waals surface area contributed by atoms with E-state index in [1.807, 2.05) is 12.1 Å². The van der Waals surface area contributed by atoms with Crippen molar-refractivity contribution in [3.05, 3.63) is 74.8 Å². The zero-order valence-corrected chi connectivity index (χ0v) is 18.1. The molecular formula is C21H14ClN3O4S2. The zero-order valence-electron chi connectivity index (χ0n) is 15.8. The molecule has 10 heteroatoms. The fourth-order valence-electron chi connectivity index (χ4n) is 2.76. The molecule has 0 bridgehead atoms. The quantitative estimate of drug-likeness (QED) is 0.334. The Kier molecular flexibility index (Phi) is 6.26. The third-order valence-electron chi connectivity index (χ3n) is 4.16. The maximum absolute atomic E-state index is 12.7. The lowest BCUT2D eigenvalue weighted by Gasteiger charge is -2.10. The lowest BCUT2D eigenvalue weighted by Crippen LogP contribution is -2.43. The first-order chi connectivity index (χ1) is 15.0. The number of nitrogens with one attached hydrogen (secondary N) is 2. The average Bonchev–Trinajstić information content (AvgIpc) is 3.47. The molecule has 1 aromatic carbocycles. The van der Waals surface area contributed by atoms with Gasteiger partial charge in [0.2, 0.25) is 0 Å². The molecule has 0 unspecified atom stereocenters. The molecule has 2 amide bonds. The van der Waals surface area contributed by atoms with E-state index >= 15 is 0 Å². The number of fused-ring (bicyclic) bond motifs is 1. The van der Waals surface area contributed by atoms with Crippen LogP contribution in [0.25, 0.3) is 21.5 Å². The predicted octanol–water partition coefficient (Wildman–Crippen LogP) is 4.30. The molecule has 7 nitrogen and oxygen atoms in total. The predicted molar refractivity (Wildman–Crippen MR) is 120 cm³/mol. The van der Waals surface area contributed by atoms with Gasteiger partial charge in [0, 0.05) is 5.39 Å². The number of hydrogen-bond acceptors (Lipinski definition) is 7. The molecule has 0 fully saturated rings. The van der Waals surface area contributed by atoms with Gasteiger partial charge in [-0.25, -0.2) is 9.78 Å². The highest BCUT2D eigenvalue weighted by Crippen LogP contribution is 2.32. The van der Waals surface area contributed by atoms with Gasteiger partial charge in [-0.3, -0.25) is 20.4 Å². The number of rotatable bonds is 5. The number of pyridine rings is 1. The summed E-state index contributed by atoms with van der Waals surface area (Å²) in [6, 6.07) is 15.7. The second-order valence-corrected chi connectivity index (χ2v) is 8.89. The number of halogens is 1. The molecule has 0 spiro atoms. The number of nitrogens with zero attached hydrogens (tertiary/aromatic N) is 1. The Hall–Kier alpha value is -3.27. The van der Waals surface area contributed by atoms with Crippen LogP contribution in [0.3, 0.4) is 0 Å². The third-order valence-corrected chi connectivity index (χ3v) is 6.28. The molecule has 31 heavy (non-hydrogen) atoms. The van der Waals surface area contributed by atoms with Gasteiger partial charge >= 0.3 is 5.97 Å². The monoisotopic (exact) mass is 471 g/mol. The van der Waals surface area contributed by atoms with Gasteiger partial charge < -0.3 is 4.74 Å². The van der Waals surface area contributed by atoms with Crippen molar-refractivity contribution in [2.24, 2.45) is 0 Å². The first-order valence-corrected chi connectivity index (χ1v) is 11.0. The Bertz CT molecular complexity index is 1270. The third kappa shape index (κ3) is 4.91. The number of thiophene rings is 2. The maximum Gasteiger partial charge on any atom is 0.339 e. The molecule has 2 N–H and O–H groups in total. The normalized spacial score (nSPS) is 10.6. The number of esters is 1. The molecule has 0 aliphatic carbocycles. The average molecular weight is 472 g/mol. The molecule has 0 radical (unpaired) electrons. The second-order valence-electron chi connectivity index (χ2n) is 6.23. The first-order valence-electron chi connectivity index (χ1n) is 8.96. The van der Waals surface area contributed by atoms with Gasteiger partial charge in [0.25, 0.3) is 11.8 Å². The summed E-state index contributed by atoms with van der Waals surface area (Å²) in [5.74, 6) is -1.79. The van der Waals surface area contributed by atoms with Gasteiger partial charge in [-0.15, -0.1) is 22.7 Å². The van der Waals surface area contributed by atoms with E-state index in [9.17, 15) is 14.4 Å². The van der Waals surface area contributed by atoms with Gasteiger partial charge in [-0.05, 0) is 35.7 Å². The van der Waals surface area contributed by atoms with Crippen molar-refractivity contribution < 1.29 is 19.1 Å². The Morgan fingerprint density at radius 2 is 1.87 bits per heavy atom. The topological polar surface area (TPSA) is 97.4 Å². The van der Waals surface area contributed by atoms with E-state index < -0.39 is 24.4 Å². The fourth-order valence-corrected chi connectivity index (χ4v) is 4.39. The number of benzene rings is 1. The summed E-state index contributed by atoms with van der Waals surface area (Å²) >= 11 is 8.61. The minimum atomic E-state index is -0.678. The maximum atomic E-state index is 12.7. The Morgan fingerprint density at radius 3 is 2.61 bits per heavy atom. The standard InChI is InChI=1S/C21H14ClN3O4S2/c22-18-8-7-16(31-18)15-10-13(12-4-1-2-5-14(12)23-15)21(28)29-11-19(26)24-25-20(27)17-6-3-9-30-17/h1-10H,11H2,(H,24,26)(H,25,27). The largest absolute Gasteiger partial charge is 0.452 e. The lowest BCUT2D eigenvalue weighted by molar-refractivity contribution is -0.125. The van der Waals surface area contributed by atoms with Crippen molar-refractivity contribution in [1.29, 1.82) is 0 Å². The number of carbonyl (C=O) groups excluding carboxylic acids is 3. The van der Waals surface area contributed by atoms with E-state index in [1.165, 1.54) is 22.7 Å². The van der Waals surface area contributed by atoms with Gasteiger partial charge in [0.05, 0.1) is 30.9 Å². The molecule has 0 saturated carbocycles. The van der Waals surface area contributed by atoms with Crippen LogP contribution in [0, 0.1) is 0 Å². The summed E-state index contributed by atoms with van der Waals surface area (Å²) in [7, 11) is 0. The Morgan fingerprint density at radius 1 is 1.03 bits per heavy atom. The molecule has 0 aliphatic rings. The van der Waals surface area contributed by atoms with Gasteiger partial charge in [-0.1, -0.05) is 35.9 Å². The van der Waals surface area contributed by atoms with Crippen LogP contribution in [0.1, 0.15) is 20.0 Å². The van der Waals surface area contributed by atoms with Crippen molar-refractivity contribution >= 4 is 63.0 Å². The zero-order chi connectivity index (χ0) is 21.8. The summed E-state index contributed by atoms with van der Waals surface area (Å²) in [6.45, 7) is -0.555. The van der Waals surface area contributed by atoms with Crippen LogP contribution in [0.2, 0.25) is 4.34 Å². The van der Waals surface area contributed by atoms with Crippen LogP contribution in [-0.4, -0.2) is 29.4 Å². The number of hydrogen-bond donors (Lipinski definition) is 2. The number of carbonyl (C=O) groups is 3. The van der Waals surface area contributed by atoms with E-state index in [0.29, 0.717) is 25.8 Å². The van der Waals surface area contributed by atoms with Gasteiger partial charge in [0.1, 0.15) is 0 Å². The number of para-hydroxylation sites is 1. The molecule has 3 heterocycles. The summed E-state index contributed by atoms with van der Waals surface area (Å²) in [5.41, 5.74) is 5.96. The molecule has 0 aliphatic heterocycles. The highest BCUT2D eigenvalue weighted by molar-refractivity contribution is 7.19. The van der Waals surface area contributed by atoms with Crippen LogP contribution in [-0.2, 0) is 9.53 Å². The van der Waals surface area contributed by atoms with Gasteiger partial charge in [0.15, 0.2) is 6.61 Å². The fraction of sp³-hybridized carbons (Fsp3) is 0.0476. The van der Waals surface area contributed by atoms with Crippen LogP contribution >= 0.6 is 34.3 Å². The second kappa shape index (κ2) is 9.25. The first kappa shape index (κ1) is 21.0. The van der Waals surface area contributed by atoms with Crippen molar-refractivity contribution in [2.75, 3.05) is 6.61 Å². The number of ether oxygens (including phenoxy) is 1. The SMILES string of the molecule is O=C(COC(=O)c1cc(-c2ccc(Cl)s2)nc2ccccc12)NNC(=O)c1cccs1. The highest BCUT2D eigenvalue weighted by atomic mass is 35.5. The van der Waals surface area contributed by atoms with Crippen LogP contribution in [0.4, 0.5) is 0 Å². The van der Waals surface area contributed by atoms with E-state index in [2.05, 4.69) is 15.8 Å². The number of hydrazine groups is 1. The van der Waals surface area contributed by atoms with E-state index in [0.717, 1.165) is 4.88 Å². The number of aromatic nitrogens is 1. The van der Waals surface area contributed by atoms with E-state index in [4.69, 9.17) is 16.3 Å². The van der Waals surface area contributed by atoms with Gasteiger partial charge in [-0.2, -0.15) is 0 Å². The molecule has 156 valence electrons. The minimum Gasteiger partial charge on any atom is -0.452 e. The summed E-state index contributed by atoms with van der Waals surface area (Å²) in [6.07, 6.45) is 0.